The van der Waals surface area contributed by atoms with Gasteiger partial charge in [0.25, 0.3) is 5.56 Å². The van der Waals surface area contributed by atoms with Crippen LogP contribution in [0.1, 0.15) is 18.5 Å². The standard InChI is InChI=1S/C22H22ClFN4O3/c1-13(17-11-25-21(30)16-7-5-4-6-15(16)17)28(12-20(29)27(2)3)22(31)26-14-8-9-19(24)18(23)10-14/h4-11,13H,12H2,1-3H3,(H,25,30)(H,26,31). The Kier molecular flexibility index (Phi) is 6.60. The van der Waals surface area contributed by atoms with Crippen LogP contribution in [0.15, 0.2) is 53.5 Å². The Labute approximate surface area is 183 Å². The Balaban J connectivity index is 1.99. The fourth-order valence-electron chi connectivity index (χ4n) is 3.19. The molecule has 7 nitrogen and oxygen atoms in total. The number of carbonyl (C=O) groups excluding carboxylic acids is 2. The summed E-state index contributed by atoms with van der Waals surface area (Å²) in [5.74, 6) is -0.889. The lowest BCUT2D eigenvalue weighted by molar-refractivity contribution is -0.129. The molecule has 0 aliphatic rings. The molecule has 0 aliphatic carbocycles. The van der Waals surface area contributed by atoms with E-state index >= 15 is 0 Å². The second kappa shape index (κ2) is 9.18. The predicted molar refractivity (Wildman–Crippen MR) is 119 cm³/mol. The Morgan fingerprint density at radius 2 is 1.84 bits per heavy atom. The van der Waals surface area contributed by atoms with E-state index in [4.69, 9.17) is 11.6 Å². The first-order chi connectivity index (χ1) is 14.7. The highest BCUT2D eigenvalue weighted by Gasteiger charge is 2.26. The smallest absolute Gasteiger partial charge is 0.322 e. The van der Waals surface area contributed by atoms with E-state index in [2.05, 4.69) is 10.3 Å². The van der Waals surface area contributed by atoms with E-state index < -0.39 is 17.9 Å². The fraction of sp³-hybridized carbons (Fsp3) is 0.227. The Morgan fingerprint density at radius 3 is 2.48 bits per heavy atom. The number of aromatic amines is 1. The monoisotopic (exact) mass is 444 g/mol. The second-order valence-corrected chi connectivity index (χ2v) is 7.68. The third-order valence-corrected chi connectivity index (χ3v) is 5.28. The summed E-state index contributed by atoms with van der Waals surface area (Å²) in [4.78, 5) is 43.1. The van der Waals surface area contributed by atoms with Crippen LogP contribution in [-0.4, -0.2) is 47.4 Å². The molecule has 0 spiro atoms. The van der Waals surface area contributed by atoms with Crippen molar-refractivity contribution in [3.8, 4) is 0 Å². The first kappa shape index (κ1) is 22.3. The summed E-state index contributed by atoms with van der Waals surface area (Å²) < 4.78 is 13.5. The largest absolute Gasteiger partial charge is 0.347 e. The number of pyridine rings is 1. The van der Waals surface area contributed by atoms with Gasteiger partial charge in [-0.15, -0.1) is 0 Å². The highest BCUT2D eigenvalue weighted by molar-refractivity contribution is 6.31. The lowest BCUT2D eigenvalue weighted by Gasteiger charge is -2.30. The van der Waals surface area contributed by atoms with Gasteiger partial charge in [0.15, 0.2) is 0 Å². The molecule has 162 valence electrons. The van der Waals surface area contributed by atoms with Crippen LogP contribution < -0.4 is 10.9 Å². The van der Waals surface area contributed by atoms with Gasteiger partial charge in [-0.25, -0.2) is 9.18 Å². The molecule has 0 saturated heterocycles. The number of nitrogens with one attached hydrogen (secondary N) is 2. The first-order valence-corrected chi connectivity index (χ1v) is 9.90. The van der Waals surface area contributed by atoms with E-state index in [-0.39, 0.29) is 28.7 Å². The van der Waals surface area contributed by atoms with Gasteiger partial charge < -0.3 is 20.1 Å². The normalized spacial score (nSPS) is 11.8. The van der Waals surface area contributed by atoms with Crippen molar-refractivity contribution in [3.63, 3.8) is 0 Å². The third-order valence-electron chi connectivity index (χ3n) is 5.00. The number of H-pyrrole nitrogens is 1. The van der Waals surface area contributed by atoms with Crippen LogP contribution in [0.5, 0.6) is 0 Å². The zero-order chi connectivity index (χ0) is 22.7. The van der Waals surface area contributed by atoms with Crippen molar-refractivity contribution in [2.75, 3.05) is 26.0 Å². The van der Waals surface area contributed by atoms with Gasteiger partial charge in [-0.2, -0.15) is 0 Å². The number of likely N-dealkylation sites (N-methyl/N-ethyl adjacent to an activating group) is 1. The van der Waals surface area contributed by atoms with E-state index in [1.165, 1.54) is 21.9 Å². The maximum Gasteiger partial charge on any atom is 0.322 e. The maximum absolute atomic E-state index is 13.5. The van der Waals surface area contributed by atoms with E-state index in [0.29, 0.717) is 16.3 Å². The number of carbonyl (C=O) groups is 2. The molecule has 3 aromatic rings. The van der Waals surface area contributed by atoms with Crippen LogP contribution in [0.2, 0.25) is 5.02 Å². The highest BCUT2D eigenvalue weighted by Crippen LogP contribution is 2.27. The van der Waals surface area contributed by atoms with Crippen molar-refractivity contribution < 1.29 is 14.0 Å². The molecular weight excluding hydrogens is 423 g/mol. The van der Waals surface area contributed by atoms with Crippen molar-refractivity contribution in [3.05, 3.63) is 75.4 Å². The van der Waals surface area contributed by atoms with Crippen molar-refractivity contribution in [1.29, 1.82) is 0 Å². The zero-order valence-electron chi connectivity index (χ0n) is 17.3. The number of benzene rings is 2. The third kappa shape index (κ3) is 4.86. The molecule has 0 radical (unpaired) electrons. The van der Waals surface area contributed by atoms with E-state index in [1.54, 1.807) is 51.5 Å². The Morgan fingerprint density at radius 1 is 1.16 bits per heavy atom. The summed E-state index contributed by atoms with van der Waals surface area (Å²) in [6.07, 6.45) is 1.55. The summed E-state index contributed by atoms with van der Waals surface area (Å²) in [5, 5.41) is 3.69. The molecule has 9 heteroatoms. The molecule has 2 aromatic carbocycles. The summed E-state index contributed by atoms with van der Waals surface area (Å²) in [7, 11) is 3.19. The topological polar surface area (TPSA) is 85.5 Å². The van der Waals surface area contributed by atoms with E-state index in [9.17, 15) is 18.8 Å². The van der Waals surface area contributed by atoms with Gasteiger partial charge >= 0.3 is 6.03 Å². The number of nitrogens with zero attached hydrogens (tertiary/aromatic N) is 2. The lowest BCUT2D eigenvalue weighted by atomic mass is 10.0. The molecule has 0 saturated carbocycles. The number of anilines is 1. The maximum atomic E-state index is 13.5. The number of aromatic nitrogens is 1. The summed E-state index contributed by atoms with van der Waals surface area (Å²) >= 11 is 5.81. The molecular formula is C22H22ClFN4O3. The van der Waals surface area contributed by atoms with Gasteiger partial charge in [-0.3, -0.25) is 9.59 Å². The molecule has 0 fully saturated rings. The van der Waals surface area contributed by atoms with Crippen LogP contribution in [-0.2, 0) is 4.79 Å². The summed E-state index contributed by atoms with van der Waals surface area (Å²) in [5.41, 5.74) is 0.721. The van der Waals surface area contributed by atoms with Crippen molar-refractivity contribution in [1.82, 2.24) is 14.8 Å². The summed E-state index contributed by atoms with van der Waals surface area (Å²) in [6.45, 7) is 1.56. The highest BCUT2D eigenvalue weighted by atomic mass is 35.5. The van der Waals surface area contributed by atoms with Crippen molar-refractivity contribution in [2.45, 2.75) is 13.0 Å². The van der Waals surface area contributed by atoms with Crippen LogP contribution in [0.4, 0.5) is 14.9 Å². The van der Waals surface area contributed by atoms with Gasteiger partial charge in [0, 0.05) is 31.4 Å². The molecule has 0 aliphatic heterocycles. The van der Waals surface area contributed by atoms with E-state index in [1.807, 2.05) is 0 Å². The van der Waals surface area contributed by atoms with Gasteiger partial charge in [-0.05, 0) is 42.1 Å². The van der Waals surface area contributed by atoms with Gasteiger partial charge in [0.1, 0.15) is 12.4 Å². The SMILES string of the molecule is CC(c1c[nH]c(=O)c2ccccc12)N(CC(=O)N(C)C)C(=O)Nc1ccc(F)c(Cl)c1. The Hall–Kier alpha value is -3.39. The first-order valence-electron chi connectivity index (χ1n) is 9.52. The number of fused-ring (bicyclic) bond motifs is 1. The van der Waals surface area contributed by atoms with Gasteiger partial charge in [0.05, 0.1) is 11.1 Å². The molecule has 1 heterocycles. The molecule has 1 atom stereocenters. The minimum atomic E-state index is -0.604. The van der Waals surface area contributed by atoms with Gasteiger partial charge in [-0.1, -0.05) is 29.8 Å². The number of hydrogen-bond acceptors (Lipinski definition) is 3. The minimum absolute atomic E-state index is 0.131. The molecule has 1 unspecified atom stereocenters. The van der Waals surface area contributed by atoms with Crippen LogP contribution in [0.25, 0.3) is 10.8 Å². The van der Waals surface area contributed by atoms with E-state index in [0.717, 1.165) is 6.07 Å². The summed E-state index contributed by atoms with van der Waals surface area (Å²) in [6, 6.07) is 9.72. The number of halogens is 2. The molecule has 3 rings (SSSR count). The van der Waals surface area contributed by atoms with Crippen molar-refractivity contribution >= 4 is 40.0 Å². The quantitative estimate of drug-likeness (QED) is 0.623. The Bertz CT molecular complexity index is 1190. The molecule has 1 aromatic heterocycles. The van der Waals surface area contributed by atoms with Crippen molar-refractivity contribution in [2.24, 2.45) is 0 Å². The average molecular weight is 445 g/mol. The average Bonchev–Trinajstić information content (AvgIpc) is 2.74. The predicted octanol–water partition coefficient (Wildman–Crippen LogP) is 4.00. The number of rotatable bonds is 5. The van der Waals surface area contributed by atoms with Gasteiger partial charge in [0.2, 0.25) is 5.91 Å². The number of urea groups is 1. The molecule has 31 heavy (non-hydrogen) atoms. The number of hydrogen-bond donors (Lipinski definition) is 2. The van der Waals surface area contributed by atoms with Crippen LogP contribution in [0.3, 0.4) is 0 Å². The molecule has 2 N–H and O–H groups in total. The van der Waals surface area contributed by atoms with Crippen LogP contribution in [0, 0.1) is 5.82 Å². The van der Waals surface area contributed by atoms with Crippen LogP contribution >= 0.6 is 11.6 Å². The minimum Gasteiger partial charge on any atom is -0.347 e. The fourth-order valence-corrected chi connectivity index (χ4v) is 3.37. The lowest BCUT2D eigenvalue weighted by Crippen LogP contribution is -2.43. The molecule has 3 amide bonds. The molecule has 0 bridgehead atoms. The number of amides is 3. The zero-order valence-corrected chi connectivity index (χ0v) is 18.0. The second-order valence-electron chi connectivity index (χ2n) is 7.27.